The molecule has 0 spiro atoms. The molecule has 0 saturated heterocycles. The van der Waals surface area contributed by atoms with Crippen LogP contribution in [0.2, 0.25) is 0 Å². The average molecular weight is 290 g/mol. The standard InChI is InChI=1S/C16H14N6/c1-22-14-5-4-11(8-12(14)21-16(22)10-2-3-10)20-15-13(9-17)18-6-7-19-15/h4-8,10H,2-3H2,1H3,(H,19,20). The second-order valence-electron chi connectivity index (χ2n) is 5.50. The molecule has 6 heteroatoms. The van der Waals surface area contributed by atoms with Gasteiger partial charge in [-0.2, -0.15) is 5.26 Å². The zero-order chi connectivity index (χ0) is 15.1. The summed E-state index contributed by atoms with van der Waals surface area (Å²) in [5.74, 6) is 2.23. The van der Waals surface area contributed by atoms with Gasteiger partial charge in [-0.3, -0.25) is 0 Å². The van der Waals surface area contributed by atoms with Crippen LogP contribution in [0.1, 0.15) is 30.3 Å². The van der Waals surface area contributed by atoms with Crippen molar-refractivity contribution in [2.45, 2.75) is 18.8 Å². The van der Waals surface area contributed by atoms with E-state index in [9.17, 15) is 0 Å². The Hall–Kier alpha value is -2.94. The van der Waals surface area contributed by atoms with Crippen molar-refractivity contribution in [1.82, 2.24) is 19.5 Å². The highest BCUT2D eigenvalue weighted by Crippen LogP contribution is 2.40. The number of aromatic nitrogens is 4. The highest BCUT2D eigenvalue weighted by atomic mass is 15.1. The van der Waals surface area contributed by atoms with Gasteiger partial charge in [-0.15, -0.1) is 0 Å². The highest BCUT2D eigenvalue weighted by Gasteiger charge is 2.28. The molecule has 1 fully saturated rings. The zero-order valence-corrected chi connectivity index (χ0v) is 12.1. The second-order valence-corrected chi connectivity index (χ2v) is 5.50. The Balaban J connectivity index is 1.72. The monoisotopic (exact) mass is 290 g/mol. The first-order chi connectivity index (χ1) is 10.8. The first kappa shape index (κ1) is 12.8. The fraction of sp³-hybridized carbons (Fsp3) is 0.250. The molecule has 1 saturated carbocycles. The summed E-state index contributed by atoms with van der Waals surface area (Å²) in [6, 6.07) is 8.03. The molecule has 1 aliphatic rings. The van der Waals surface area contributed by atoms with Crippen LogP contribution in [0.15, 0.2) is 30.6 Å². The third-order valence-electron chi connectivity index (χ3n) is 3.92. The molecule has 1 N–H and O–H groups in total. The van der Waals surface area contributed by atoms with Gasteiger partial charge < -0.3 is 9.88 Å². The van der Waals surface area contributed by atoms with Crippen molar-refractivity contribution in [2.24, 2.45) is 7.05 Å². The molecular formula is C16H14N6. The molecule has 0 aliphatic heterocycles. The van der Waals surface area contributed by atoms with E-state index in [-0.39, 0.29) is 5.69 Å². The smallest absolute Gasteiger partial charge is 0.183 e. The Morgan fingerprint density at radius 3 is 2.86 bits per heavy atom. The molecule has 0 unspecified atom stereocenters. The summed E-state index contributed by atoms with van der Waals surface area (Å²) in [4.78, 5) is 12.9. The van der Waals surface area contributed by atoms with E-state index >= 15 is 0 Å². The summed E-state index contributed by atoms with van der Waals surface area (Å²) in [5.41, 5.74) is 3.20. The van der Waals surface area contributed by atoms with Crippen LogP contribution < -0.4 is 5.32 Å². The Labute approximate surface area is 127 Å². The number of aryl methyl sites for hydroxylation is 1. The van der Waals surface area contributed by atoms with Gasteiger partial charge in [0, 0.05) is 31.0 Å². The SMILES string of the molecule is Cn1c(C2CC2)nc2cc(Nc3nccnc3C#N)ccc21. The normalized spacial score (nSPS) is 14.0. The number of imidazole rings is 1. The Bertz CT molecular complexity index is 901. The first-order valence-electron chi connectivity index (χ1n) is 7.21. The molecule has 6 nitrogen and oxygen atoms in total. The van der Waals surface area contributed by atoms with Crippen LogP contribution in [0.5, 0.6) is 0 Å². The first-order valence-corrected chi connectivity index (χ1v) is 7.21. The highest BCUT2D eigenvalue weighted by molar-refractivity contribution is 5.81. The lowest BCUT2D eigenvalue weighted by Crippen LogP contribution is -1.98. The van der Waals surface area contributed by atoms with Crippen molar-refractivity contribution >= 4 is 22.5 Å². The topological polar surface area (TPSA) is 79.4 Å². The third kappa shape index (κ3) is 2.07. The van der Waals surface area contributed by atoms with E-state index in [4.69, 9.17) is 10.2 Å². The lowest BCUT2D eigenvalue weighted by atomic mass is 10.2. The summed E-state index contributed by atoms with van der Waals surface area (Å²) >= 11 is 0. The zero-order valence-electron chi connectivity index (χ0n) is 12.1. The predicted molar refractivity (Wildman–Crippen MR) is 82.7 cm³/mol. The van der Waals surface area contributed by atoms with E-state index in [1.165, 1.54) is 19.0 Å². The van der Waals surface area contributed by atoms with Crippen LogP contribution in [0.4, 0.5) is 11.5 Å². The number of hydrogen-bond acceptors (Lipinski definition) is 5. The number of anilines is 2. The second kappa shape index (κ2) is 4.81. The molecule has 4 rings (SSSR count). The van der Waals surface area contributed by atoms with E-state index in [1.54, 1.807) is 6.20 Å². The van der Waals surface area contributed by atoms with Crippen molar-refractivity contribution < 1.29 is 0 Å². The molecule has 0 atom stereocenters. The summed E-state index contributed by atoms with van der Waals surface area (Å²) in [7, 11) is 2.06. The fourth-order valence-corrected chi connectivity index (χ4v) is 2.65. The van der Waals surface area contributed by atoms with Crippen molar-refractivity contribution in [3.8, 4) is 6.07 Å². The van der Waals surface area contributed by atoms with Crippen LogP contribution in [-0.4, -0.2) is 19.5 Å². The summed E-state index contributed by atoms with van der Waals surface area (Å²) < 4.78 is 2.17. The molecule has 2 heterocycles. The van der Waals surface area contributed by atoms with Gasteiger partial charge in [-0.25, -0.2) is 15.0 Å². The molecule has 0 radical (unpaired) electrons. The third-order valence-corrected chi connectivity index (χ3v) is 3.92. The summed E-state index contributed by atoms with van der Waals surface area (Å²) in [5, 5.41) is 12.2. The van der Waals surface area contributed by atoms with E-state index in [0.29, 0.717) is 11.7 Å². The molecule has 108 valence electrons. The number of rotatable bonds is 3. The molecule has 1 aliphatic carbocycles. The number of nitrogens with zero attached hydrogens (tertiary/aromatic N) is 5. The average Bonchev–Trinajstić information content (AvgIpc) is 3.33. The van der Waals surface area contributed by atoms with Gasteiger partial charge in [-0.1, -0.05) is 0 Å². The van der Waals surface area contributed by atoms with Crippen molar-refractivity contribution in [3.63, 3.8) is 0 Å². The maximum absolute atomic E-state index is 9.07. The largest absolute Gasteiger partial charge is 0.338 e. The molecule has 22 heavy (non-hydrogen) atoms. The molecule has 0 bridgehead atoms. The van der Waals surface area contributed by atoms with Gasteiger partial charge in [0.2, 0.25) is 0 Å². The summed E-state index contributed by atoms with van der Waals surface area (Å²) in [6.45, 7) is 0. The van der Waals surface area contributed by atoms with Crippen molar-refractivity contribution in [2.75, 3.05) is 5.32 Å². The molecule has 3 aromatic rings. The molecule has 0 amide bonds. The minimum Gasteiger partial charge on any atom is -0.338 e. The van der Waals surface area contributed by atoms with Crippen LogP contribution in [-0.2, 0) is 7.05 Å². The van der Waals surface area contributed by atoms with Crippen LogP contribution in [0, 0.1) is 11.3 Å². The predicted octanol–water partition coefficient (Wildman–Crippen LogP) is 2.86. The van der Waals surface area contributed by atoms with Crippen molar-refractivity contribution in [1.29, 1.82) is 5.26 Å². The van der Waals surface area contributed by atoms with Gasteiger partial charge in [0.05, 0.1) is 11.0 Å². The van der Waals surface area contributed by atoms with E-state index < -0.39 is 0 Å². The van der Waals surface area contributed by atoms with E-state index in [1.807, 2.05) is 24.3 Å². The maximum Gasteiger partial charge on any atom is 0.183 e. The van der Waals surface area contributed by atoms with E-state index in [2.05, 4.69) is 26.9 Å². The van der Waals surface area contributed by atoms with Gasteiger partial charge in [0.1, 0.15) is 11.9 Å². The van der Waals surface area contributed by atoms with Crippen LogP contribution in [0.3, 0.4) is 0 Å². The summed E-state index contributed by atoms with van der Waals surface area (Å²) in [6.07, 6.45) is 5.53. The molecule has 1 aromatic carbocycles. The van der Waals surface area contributed by atoms with Gasteiger partial charge in [0.25, 0.3) is 0 Å². The number of hydrogen-bond donors (Lipinski definition) is 1. The number of benzene rings is 1. The van der Waals surface area contributed by atoms with Crippen LogP contribution >= 0.6 is 0 Å². The van der Waals surface area contributed by atoms with Gasteiger partial charge in [0.15, 0.2) is 11.5 Å². The molecule has 2 aromatic heterocycles. The minimum absolute atomic E-state index is 0.280. The number of nitrogens with one attached hydrogen (secondary N) is 1. The quantitative estimate of drug-likeness (QED) is 0.802. The number of nitriles is 1. The lowest BCUT2D eigenvalue weighted by molar-refractivity contribution is 0.820. The lowest BCUT2D eigenvalue weighted by Gasteiger charge is -2.06. The minimum atomic E-state index is 0.280. The van der Waals surface area contributed by atoms with Crippen LogP contribution in [0.25, 0.3) is 11.0 Å². The van der Waals surface area contributed by atoms with Gasteiger partial charge >= 0.3 is 0 Å². The molecular weight excluding hydrogens is 276 g/mol. The number of fused-ring (bicyclic) bond motifs is 1. The van der Waals surface area contributed by atoms with E-state index in [0.717, 1.165) is 22.5 Å². The Morgan fingerprint density at radius 1 is 1.27 bits per heavy atom. The maximum atomic E-state index is 9.07. The van der Waals surface area contributed by atoms with Crippen molar-refractivity contribution in [3.05, 3.63) is 42.1 Å². The Morgan fingerprint density at radius 2 is 2.09 bits per heavy atom. The fourth-order valence-electron chi connectivity index (χ4n) is 2.65. The van der Waals surface area contributed by atoms with Gasteiger partial charge in [-0.05, 0) is 31.0 Å². The Kier molecular flexibility index (Phi) is 2.79.